The minimum absolute atomic E-state index is 0.433. The van der Waals surface area contributed by atoms with Gasteiger partial charge in [-0.05, 0) is 52.2 Å². The van der Waals surface area contributed by atoms with Crippen LogP contribution in [0, 0.1) is 6.92 Å². The van der Waals surface area contributed by atoms with Gasteiger partial charge < -0.3 is 0 Å². The fraction of sp³-hybridized carbons (Fsp3) is 0.125. The molecule has 0 saturated carbocycles. The number of halogens is 2. The van der Waals surface area contributed by atoms with E-state index >= 15 is 0 Å². The lowest BCUT2D eigenvalue weighted by Gasteiger charge is -1.98. The van der Waals surface area contributed by atoms with Crippen LogP contribution in [0.25, 0.3) is 0 Å². The third-order valence-electron chi connectivity index (χ3n) is 1.34. The van der Waals surface area contributed by atoms with Crippen molar-refractivity contribution in [2.24, 2.45) is 0 Å². The summed E-state index contributed by atoms with van der Waals surface area (Å²) in [7, 11) is 0. The summed E-state index contributed by atoms with van der Waals surface area (Å²) in [4.78, 5) is 10.7. The molecule has 0 saturated heterocycles. The van der Waals surface area contributed by atoms with Crippen molar-refractivity contribution in [3.63, 3.8) is 0 Å². The molecule has 3 heteroatoms. The maximum atomic E-state index is 10.7. The van der Waals surface area contributed by atoms with Crippen molar-refractivity contribution >= 4 is 32.8 Å². The number of hydrogen-bond acceptors (Lipinski definition) is 1. The molecule has 0 aliphatic heterocycles. The zero-order chi connectivity index (χ0) is 8.43. The van der Waals surface area contributed by atoms with E-state index in [1.54, 1.807) is 6.07 Å². The van der Waals surface area contributed by atoms with Gasteiger partial charge in [-0.2, -0.15) is 0 Å². The molecule has 0 unspecified atom stereocenters. The number of carbonyl (C=O) groups is 1. The SMILES string of the molecule is Cc1ccc(C(=O)Cl)c(Br)c1. The number of hydrogen-bond donors (Lipinski definition) is 0. The maximum absolute atomic E-state index is 10.7. The third-order valence-corrected chi connectivity index (χ3v) is 2.20. The van der Waals surface area contributed by atoms with Gasteiger partial charge in [-0.3, -0.25) is 4.79 Å². The van der Waals surface area contributed by atoms with Gasteiger partial charge in [-0.15, -0.1) is 0 Å². The molecule has 0 N–H and O–H groups in total. The molecular weight excluding hydrogens is 227 g/mol. The average Bonchev–Trinajstić information content (AvgIpc) is 1.85. The molecule has 11 heavy (non-hydrogen) atoms. The molecule has 0 spiro atoms. The highest BCUT2D eigenvalue weighted by Gasteiger charge is 2.05. The Morgan fingerprint density at radius 2 is 2.18 bits per heavy atom. The number of aryl methyl sites for hydroxylation is 1. The maximum Gasteiger partial charge on any atom is 0.253 e. The topological polar surface area (TPSA) is 17.1 Å². The second-order valence-corrected chi connectivity index (χ2v) is 3.45. The van der Waals surface area contributed by atoms with Gasteiger partial charge in [0, 0.05) is 10.0 Å². The van der Waals surface area contributed by atoms with Crippen LogP contribution in [-0.4, -0.2) is 5.24 Å². The molecule has 58 valence electrons. The Kier molecular flexibility index (Phi) is 2.68. The largest absolute Gasteiger partial charge is 0.276 e. The van der Waals surface area contributed by atoms with E-state index in [0.717, 1.165) is 10.0 Å². The zero-order valence-electron chi connectivity index (χ0n) is 5.90. The van der Waals surface area contributed by atoms with Crippen LogP contribution in [0.4, 0.5) is 0 Å². The van der Waals surface area contributed by atoms with E-state index in [2.05, 4.69) is 15.9 Å². The van der Waals surface area contributed by atoms with Gasteiger partial charge in [0.1, 0.15) is 0 Å². The van der Waals surface area contributed by atoms with Gasteiger partial charge in [0.15, 0.2) is 0 Å². The molecule has 0 aromatic heterocycles. The van der Waals surface area contributed by atoms with Crippen LogP contribution < -0.4 is 0 Å². The van der Waals surface area contributed by atoms with Crippen LogP contribution in [0.2, 0.25) is 0 Å². The van der Waals surface area contributed by atoms with E-state index in [0.29, 0.717) is 5.56 Å². The summed E-state index contributed by atoms with van der Waals surface area (Å²) >= 11 is 8.53. The Labute approximate surface area is 78.5 Å². The van der Waals surface area contributed by atoms with E-state index in [-0.39, 0.29) is 0 Å². The summed E-state index contributed by atoms with van der Waals surface area (Å²) in [5, 5.41) is -0.433. The molecule has 0 atom stereocenters. The molecule has 1 nitrogen and oxygen atoms in total. The lowest BCUT2D eigenvalue weighted by molar-refractivity contribution is 0.108. The predicted octanol–water partition coefficient (Wildman–Crippen LogP) is 3.14. The van der Waals surface area contributed by atoms with Gasteiger partial charge in [0.2, 0.25) is 0 Å². The summed E-state index contributed by atoms with van der Waals surface area (Å²) in [6.07, 6.45) is 0. The third kappa shape index (κ3) is 2.04. The standard InChI is InChI=1S/C8H6BrClO/c1-5-2-3-6(8(10)11)7(9)4-5/h2-4H,1H3. The lowest BCUT2D eigenvalue weighted by Crippen LogP contribution is -1.90. The zero-order valence-corrected chi connectivity index (χ0v) is 8.24. The van der Waals surface area contributed by atoms with Crippen molar-refractivity contribution in [2.75, 3.05) is 0 Å². The van der Waals surface area contributed by atoms with Crippen molar-refractivity contribution in [2.45, 2.75) is 6.92 Å². The molecular formula is C8H6BrClO. The van der Waals surface area contributed by atoms with Crippen LogP contribution in [0.5, 0.6) is 0 Å². The average molecular weight is 233 g/mol. The predicted molar refractivity (Wildman–Crippen MR) is 49.1 cm³/mol. The molecule has 0 radical (unpaired) electrons. The first kappa shape index (κ1) is 8.75. The second kappa shape index (κ2) is 3.37. The summed E-state index contributed by atoms with van der Waals surface area (Å²) in [5.41, 5.74) is 1.61. The summed E-state index contributed by atoms with van der Waals surface area (Å²) in [6.45, 7) is 1.95. The van der Waals surface area contributed by atoms with Crippen molar-refractivity contribution in [1.82, 2.24) is 0 Å². The highest BCUT2D eigenvalue weighted by atomic mass is 79.9. The highest BCUT2D eigenvalue weighted by Crippen LogP contribution is 2.19. The van der Waals surface area contributed by atoms with Crippen LogP contribution in [-0.2, 0) is 0 Å². The quantitative estimate of drug-likeness (QED) is 0.681. The van der Waals surface area contributed by atoms with Crippen LogP contribution in [0.3, 0.4) is 0 Å². The van der Waals surface area contributed by atoms with Crippen molar-refractivity contribution in [3.8, 4) is 0 Å². The van der Waals surface area contributed by atoms with Gasteiger partial charge in [-0.1, -0.05) is 6.07 Å². The Morgan fingerprint density at radius 3 is 2.64 bits per heavy atom. The fourth-order valence-corrected chi connectivity index (χ4v) is 1.73. The van der Waals surface area contributed by atoms with Gasteiger partial charge in [0.05, 0.1) is 0 Å². The van der Waals surface area contributed by atoms with E-state index in [1.807, 2.05) is 19.1 Å². The van der Waals surface area contributed by atoms with Crippen molar-refractivity contribution in [3.05, 3.63) is 33.8 Å². The molecule has 0 aliphatic carbocycles. The second-order valence-electron chi connectivity index (χ2n) is 2.26. The smallest absolute Gasteiger partial charge is 0.253 e. The summed E-state index contributed by atoms with van der Waals surface area (Å²) < 4.78 is 0.748. The number of rotatable bonds is 1. The minimum atomic E-state index is -0.433. The highest BCUT2D eigenvalue weighted by molar-refractivity contribution is 9.10. The monoisotopic (exact) mass is 232 g/mol. The Morgan fingerprint density at radius 1 is 1.55 bits per heavy atom. The molecule has 0 heterocycles. The minimum Gasteiger partial charge on any atom is -0.276 e. The first-order valence-electron chi connectivity index (χ1n) is 3.07. The van der Waals surface area contributed by atoms with Crippen molar-refractivity contribution < 1.29 is 4.79 Å². The van der Waals surface area contributed by atoms with Gasteiger partial charge >= 0.3 is 0 Å². The molecule has 0 amide bonds. The van der Waals surface area contributed by atoms with Gasteiger partial charge in [-0.25, -0.2) is 0 Å². The Bertz CT molecular complexity index is 296. The van der Waals surface area contributed by atoms with E-state index in [4.69, 9.17) is 11.6 Å². The lowest BCUT2D eigenvalue weighted by atomic mass is 10.2. The van der Waals surface area contributed by atoms with Crippen LogP contribution in [0.1, 0.15) is 15.9 Å². The molecule has 1 rings (SSSR count). The fourth-order valence-electron chi connectivity index (χ4n) is 0.780. The molecule has 0 bridgehead atoms. The van der Waals surface area contributed by atoms with E-state index < -0.39 is 5.24 Å². The molecule has 0 aliphatic rings. The first-order chi connectivity index (χ1) is 5.11. The van der Waals surface area contributed by atoms with Crippen LogP contribution in [0.15, 0.2) is 22.7 Å². The molecule has 1 aromatic carbocycles. The number of carbonyl (C=O) groups excluding carboxylic acids is 1. The summed E-state index contributed by atoms with van der Waals surface area (Å²) in [6, 6.07) is 5.41. The Hall–Kier alpha value is -0.340. The molecule has 0 fully saturated rings. The first-order valence-corrected chi connectivity index (χ1v) is 4.24. The van der Waals surface area contributed by atoms with Crippen molar-refractivity contribution in [1.29, 1.82) is 0 Å². The Balaban J connectivity index is 3.20. The number of benzene rings is 1. The van der Waals surface area contributed by atoms with E-state index in [1.165, 1.54) is 0 Å². The van der Waals surface area contributed by atoms with Gasteiger partial charge in [0.25, 0.3) is 5.24 Å². The van der Waals surface area contributed by atoms with E-state index in [9.17, 15) is 4.79 Å². The normalized spacial score (nSPS) is 9.73. The molecule has 1 aromatic rings. The van der Waals surface area contributed by atoms with Crippen LogP contribution >= 0.6 is 27.5 Å². The summed E-state index contributed by atoms with van der Waals surface area (Å²) in [5.74, 6) is 0.